The third-order valence-corrected chi connectivity index (χ3v) is 3.72. The van der Waals surface area contributed by atoms with E-state index < -0.39 is 29.4 Å². The van der Waals surface area contributed by atoms with Crippen LogP contribution in [0.25, 0.3) is 0 Å². The lowest BCUT2D eigenvalue weighted by Gasteiger charge is -2.36. The first-order valence-electron chi connectivity index (χ1n) is 8.09. The molecule has 7 heteroatoms. The van der Waals surface area contributed by atoms with Crippen molar-refractivity contribution in [2.45, 2.75) is 71.1 Å². The largest absolute Gasteiger partial charge is 0.465 e. The van der Waals surface area contributed by atoms with E-state index >= 15 is 0 Å². The summed E-state index contributed by atoms with van der Waals surface area (Å²) in [6.07, 6.45) is 0.363. The molecule has 134 valence electrons. The van der Waals surface area contributed by atoms with Crippen molar-refractivity contribution in [1.82, 2.24) is 10.2 Å². The number of aliphatic hydroxyl groups is 1. The van der Waals surface area contributed by atoms with Gasteiger partial charge in [-0.2, -0.15) is 0 Å². The number of carboxylic acid groups (broad SMARTS) is 1. The van der Waals surface area contributed by atoms with Gasteiger partial charge in [-0.3, -0.25) is 0 Å². The van der Waals surface area contributed by atoms with Crippen LogP contribution in [-0.4, -0.2) is 57.6 Å². The van der Waals surface area contributed by atoms with E-state index in [9.17, 15) is 14.7 Å². The summed E-state index contributed by atoms with van der Waals surface area (Å²) in [6, 6.07) is -0.391. The number of amides is 2. The van der Waals surface area contributed by atoms with Crippen molar-refractivity contribution in [1.29, 1.82) is 0 Å². The molecule has 0 spiro atoms. The summed E-state index contributed by atoms with van der Waals surface area (Å²) in [5.41, 5.74) is -1.27. The Labute approximate surface area is 138 Å². The van der Waals surface area contributed by atoms with E-state index in [0.717, 1.165) is 0 Å². The number of hydrogen-bond acceptors (Lipinski definition) is 4. The summed E-state index contributed by atoms with van der Waals surface area (Å²) in [5.74, 6) is 0.291. The lowest BCUT2D eigenvalue weighted by Crippen LogP contribution is -2.53. The smallest absolute Gasteiger partial charge is 0.410 e. The van der Waals surface area contributed by atoms with Crippen molar-refractivity contribution >= 4 is 12.2 Å². The van der Waals surface area contributed by atoms with Crippen LogP contribution in [0.3, 0.4) is 0 Å². The molecule has 1 aliphatic rings. The number of nitrogens with zero attached hydrogens (tertiary/aromatic N) is 1. The lowest BCUT2D eigenvalue weighted by molar-refractivity contribution is 0.00307. The molecule has 0 unspecified atom stereocenters. The van der Waals surface area contributed by atoms with Crippen LogP contribution in [0.15, 0.2) is 0 Å². The molecule has 1 atom stereocenters. The number of carbonyl (C=O) groups excluding carboxylic acids is 1. The summed E-state index contributed by atoms with van der Waals surface area (Å²) < 4.78 is 5.44. The maximum Gasteiger partial charge on any atom is 0.410 e. The van der Waals surface area contributed by atoms with Gasteiger partial charge in [0.25, 0.3) is 0 Å². The Kier molecular flexibility index (Phi) is 6.27. The fourth-order valence-corrected chi connectivity index (χ4v) is 2.53. The highest BCUT2D eigenvalue weighted by molar-refractivity contribution is 5.70. The maximum absolute atomic E-state index is 12.5. The van der Waals surface area contributed by atoms with Gasteiger partial charge in [0.15, 0.2) is 0 Å². The normalized spacial score (nSPS) is 17.5. The minimum absolute atomic E-state index is 0.180. The van der Waals surface area contributed by atoms with Gasteiger partial charge in [-0.25, -0.2) is 9.59 Å². The second-order valence-corrected chi connectivity index (χ2v) is 7.78. The van der Waals surface area contributed by atoms with Crippen LogP contribution in [-0.2, 0) is 4.74 Å². The van der Waals surface area contributed by atoms with Gasteiger partial charge in [0.1, 0.15) is 5.60 Å². The molecule has 0 aromatic rings. The quantitative estimate of drug-likeness (QED) is 0.666. The molecule has 23 heavy (non-hydrogen) atoms. The van der Waals surface area contributed by atoms with Gasteiger partial charge in [0, 0.05) is 6.54 Å². The predicted molar refractivity (Wildman–Crippen MR) is 86.4 cm³/mol. The summed E-state index contributed by atoms with van der Waals surface area (Å²) in [7, 11) is 0. The van der Waals surface area contributed by atoms with Crippen molar-refractivity contribution in [2.24, 2.45) is 5.92 Å². The molecule has 1 aliphatic carbocycles. The Morgan fingerprint density at radius 2 is 1.87 bits per heavy atom. The highest BCUT2D eigenvalue weighted by Crippen LogP contribution is 2.37. The molecule has 0 aromatic heterocycles. The van der Waals surface area contributed by atoms with Gasteiger partial charge in [-0.05, 0) is 46.0 Å². The molecular formula is C16H30N2O5. The molecule has 0 aromatic carbocycles. The predicted octanol–water partition coefficient (Wildman–Crippen LogP) is 2.43. The van der Waals surface area contributed by atoms with Crippen LogP contribution in [0.4, 0.5) is 9.59 Å². The van der Waals surface area contributed by atoms with Crippen LogP contribution in [0.2, 0.25) is 0 Å². The van der Waals surface area contributed by atoms with E-state index in [2.05, 4.69) is 5.32 Å². The topological polar surface area (TPSA) is 99.1 Å². The van der Waals surface area contributed by atoms with Crippen molar-refractivity contribution in [3.8, 4) is 0 Å². The van der Waals surface area contributed by atoms with Gasteiger partial charge >= 0.3 is 12.2 Å². The fraction of sp³-hybridized carbons (Fsp3) is 0.875. The third kappa shape index (κ3) is 6.64. The van der Waals surface area contributed by atoms with Gasteiger partial charge in [-0.1, -0.05) is 13.8 Å². The molecule has 0 radical (unpaired) electrons. The summed E-state index contributed by atoms with van der Waals surface area (Å²) in [5, 5.41) is 21.2. The van der Waals surface area contributed by atoms with Crippen LogP contribution in [0.1, 0.15) is 53.9 Å². The summed E-state index contributed by atoms with van der Waals surface area (Å²) >= 11 is 0. The Bertz CT molecular complexity index is 427. The monoisotopic (exact) mass is 330 g/mol. The Hall–Kier alpha value is -1.50. The average molecular weight is 330 g/mol. The minimum Gasteiger partial charge on any atom is -0.465 e. The standard InChI is InChI=1S/C16H30N2O5/c1-11(2)8-12(9-19)18(14(22)23-15(3,4)5)10-16(6-7-16)17-13(20)21/h11-12,17,19H,6-10H2,1-5H3,(H,20,21)/t12-/m1/s1. The van der Waals surface area contributed by atoms with Crippen molar-refractivity contribution < 1.29 is 24.5 Å². The first kappa shape index (κ1) is 19.5. The zero-order valence-corrected chi connectivity index (χ0v) is 14.8. The lowest BCUT2D eigenvalue weighted by atomic mass is 10.0. The fourth-order valence-electron chi connectivity index (χ4n) is 2.53. The Morgan fingerprint density at radius 1 is 1.30 bits per heavy atom. The number of rotatable bonds is 7. The van der Waals surface area contributed by atoms with Crippen molar-refractivity contribution in [3.63, 3.8) is 0 Å². The number of carbonyl (C=O) groups is 2. The highest BCUT2D eigenvalue weighted by Gasteiger charge is 2.48. The van der Waals surface area contributed by atoms with Crippen LogP contribution < -0.4 is 5.32 Å². The molecule has 0 bridgehead atoms. The highest BCUT2D eigenvalue weighted by atomic mass is 16.6. The van der Waals surface area contributed by atoms with Crippen molar-refractivity contribution in [2.75, 3.05) is 13.2 Å². The number of hydrogen-bond donors (Lipinski definition) is 3. The number of aliphatic hydroxyl groups excluding tert-OH is 1. The number of ether oxygens (including phenoxy) is 1. The molecule has 1 rings (SSSR count). The third-order valence-electron chi connectivity index (χ3n) is 3.72. The average Bonchev–Trinajstić information content (AvgIpc) is 3.10. The summed E-state index contributed by atoms with van der Waals surface area (Å²) in [6.45, 7) is 9.40. The van der Waals surface area contributed by atoms with Gasteiger partial charge < -0.3 is 25.2 Å². The molecule has 0 saturated heterocycles. The van der Waals surface area contributed by atoms with Crippen LogP contribution >= 0.6 is 0 Å². The molecular weight excluding hydrogens is 300 g/mol. The van der Waals surface area contributed by atoms with E-state index in [0.29, 0.717) is 25.2 Å². The van der Waals surface area contributed by atoms with E-state index in [1.165, 1.54) is 4.90 Å². The maximum atomic E-state index is 12.5. The Morgan fingerprint density at radius 3 is 2.22 bits per heavy atom. The van der Waals surface area contributed by atoms with E-state index in [1.54, 1.807) is 20.8 Å². The molecule has 1 fully saturated rings. The molecule has 0 heterocycles. The molecule has 3 N–H and O–H groups in total. The van der Waals surface area contributed by atoms with E-state index in [4.69, 9.17) is 9.84 Å². The van der Waals surface area contributed by atoms with Gasteiger partial charge in [0.2, 0.25) is 0 Å². The Balaban J connectivity index is 2.91. The molecule has 0 aliphatic heterocycles. The molecule has 1 saturated carbocycles. The first-order valence-corrected chi connectivity index (χ1v) is 8.09. The molecule has 2 amide bonds. The van der Waals surface area contributed by atoms with Gasteiger partial charge in [0.05, 0.1) is 18.2 Å². The zero-order valence-electron chi connectivity index (χ0n) is 14.8. The second-order valence-electron chi connectivity index (χ2n) is 7.78. The SMILES string of the molecule is CC(C)C[C@H](CO)N(CC1(NC(=O)O)CC1)C(=O)OC(C)(C)C. The van der Waals surface area contributed by atoms with Gasteiger partial charge in [-0.15, -0.1) is 0 Å². The van der Waals surface area contributed by atoms with Crippen LogP contribution in [0.5, 0.6) is 0 Å². The van der Waals surface area contributed by atoms with Crippen molar-refractivity contribution in [3.05, 3.63) is 0 Å². The first-order chi connectivity index (χ1) is 10.5. The molecule has 7 nitrogen and oxygen atoms in total. The minimum atomic E-state index is -1.10. The van der Waals surface area contributed by atoms with E-state index in [1.807, 2.05) is 13.8 Å². The zero-order chi connectivity index (χ0) is 17.8. The summed E-state index contributed by atoms with van der Waals surface area (Å²) in [4.78, 5) is 25.0. The second kappa shape index (κ2) is 7.38. The van der Waals surface area contributed by atoms with Crippen LogP contribution in [0, 0.1) is 5.92 Å². The van der Waals surface area contributed by atoms with E-state index in [-0.39, 0.29) is 13.2 Å². The number of nitrogens with one attached hydrogen (secondary N) is 1.